The van der Waals surface area contributed by atoms with Gasteiger partial charge in [-0.25, -0.2) is 32.3 Å². The van der Waals surface area contributed by atoms with Crippen molar-refractivity contribution in [3.8, 4) is 0 Å². The smallest absolute Gasteiger partial charge is 0.396 e. The summed E-state index contributed by atoms with van der Waals surface area (Å²) in [4.78, 5) is 35.0. The number of ether oxygens (including phenoxy) is 3. The molecular formula is C69H138N12O14P4. The molecule has 0 aliphatic carbocycles. The monoisotopic (exact) mass is 1480 g/mol. The van der Waals surface area contributed by atoms with Crippen molar-refractivity contribution < 1.29 is 65.5 Å². The lowest BCUT2D eigenvalue weighted by molar-refractivity contribution is -0.0465. The maximum absolute atomic E-state index is 16.2. The van der Waals surface area contributed by atoms with Crippen molar-refractivity contribution in [3.63, 3.8) is 0 Å². The van der Waals surface area contributed by atoms with Crippen LogP contribution in [0.5, 0.6) is 0 Å². The molecule has 0 aromatic carbocycles. The van der Waals surface area contributed by atoms with Crippen LogP contribution in [0, 0.1) is 0 Å². The minimum atomic E-state index is -4.46. The number of phosphoric ester groups is 1. The summed E-state index contributed by atoms with van der Waals surface area (Å²) in [5.41, 5.74) is 0. The average molecular weight is 1480 g/mol. The number of hydrogen-bond donors (Lipinski definition) is 3. The lowest BCUT2D eigenvalue weighted by Crippen LogP contribution is -2.46. The topological polar surface area (TPSA) is 260 Å². The first-order valence-electron chi connectivity index (χ1n) is 39.3. The van der Waals surface area contributed by atoms with Crippen molar-refractivity contribution in [3.05, 3.63) is 0 Å². The fraction of sp³-hybridized carbons (Fsp3) is 0.957. The third-order valence-electron chi connectivity index (χ3n) is 20.0. The zero-order valence-electron chi connectivity index (χ0n) is 62.5. The molecule has 6 aliphatic rings. The molecule has 0 saturated carbocycles. The Balaban J connectivity index is 1.18. The first-order chi connectivity index (χ1) is 47.9. The van der Waals surface area contributed by atoms with Crippen LogP contribution in [0.15, 0.2) is 14.3 Å². The molecule has 6 heterocycles. The Morgan fingerprint density at radius 2 is 0.677 bits per heavy atom. The molecule has 578 valence electrons. The van der Waals surface area contributed by atoms with Gasteiger partial charge in [-0.15, -0.1) is 0 Å². The highest BCUT2D eigenvalue weighted by Crippen LogP contribution is 2.57. The largest absolute Gasteiger partial charge is 0.472 e. The van der Waals surface area contributed by atoms with E-state index in [-0.39, 0.29) is 92.1 Å². The van der Waals surface area contributed by atoms with Gasteiger partial charge >= 0.3 is 30.8 Å². The highest BCUT2D eigenvalue weighted by molar-refractivity contribution is 7.55. The number of unbranched alkanes of at least 4 members (excludes halogenated alkanes) is 30. The molecule has 6 saturated heterocycles. The van der Waals surface area contributed by atoms with Gasteiger partial charge in [0.2, 0.25) is 17.9 Å². The normalized spacial score (nSPS) is 23.9. The number of nitrogens with zero attached hydrogens (tertiary/aromatic N) is 12. The van der Waals surface area contributed by atoms with Crippen molar-refractivity contribution in [1.82, 2.24) is 43.4 Å². The molecule has 6 aliphatic heterocycles. The number of guanidine groups is 3. The molecule has 0 spiro atoms. The molecule has 6 rings (SSSR count). The highest BCUT2D eigenvalue weighted by atomic mass is 31.2. The van der Waals surface area contributed by atoms with Crippen LogP contribution >= 0.6 is 30.8 Å². The molecule has 0 aromatic rings. The van der Waals surface area contributed by atoms with E-state index in [1.165, 1.54) is 146 Å². The van der Waals surface area contributed by atoms with Crippen molar-refractivity contribution in [2.24, 2.45) is 14.3 Å². The molecule has 99 heavy (non-hydrogen) atoms. The summed E-state index contributed by atoms with van der Waals surface area (Å²) in [6.07, 6.45) is 36.9. The summed E-state index contributed by atoms with van der Waals surface area (Å²) in [6.45, 7) is 13.7. The molecular weight excluding hydrogens is 1340 g/mol. The molecule has 0 aromatic heterocycles. The molecule has 6 fully saturated rings. The van der Waals surface area contributed by atoms with Gasteiger partial charge < -0.3 is 58.5 Å². The molecule has 0 bridgehead atoms. The van der Waals surface area contributed by atoms with Gasteiger partial charge in [-0.3, -0.25) is 18.1 Å². The van der Waals surface area contributed by atoms with E-state index in [1.54, 1.807) is 9.34 Å². The van der Waals surface area contributed by atoms with Crippen LogP contribution in [0.2, 0.25) is 0 Å². The maximum Gasteiger partial charge on any atom is 0.472 e. The zero-order chi connectivity index (χ0) is 71.0. The van der Waals surface area contributed by atoms with Gasteiger partial charge in [0, 0.05) is 126 Å². The van der Waals surface area contributed by atoms with Gasteiger partial charge in [0.15, 0.2) is 0 Å². The van der Waals surface area contributed by atoms with Crippen LogP contribution in [0.25, 0.3) is 0 Å². The quantitative estimate of drug-likeness (QED) is 0.0377. The Bertz CT molecular complexity index is 2500. The van der Waals surface area contributed by atoms with Crippen LogP contribution in [0.3, 0.4) is 0 Å². The summed E-state index contributed by atoms with van der Waals surface area (Å²) >= 11 is 0. The van der Waals surface area contributed by atoms with E-state index >= 15 is 9.13 Å². The van der Waals surface area contributed by atoms with Crippen LogP contribution in [-0.4, -0.2) is 267 Å². The minimum absolute atomic E-state index is 0.00749. The van der Waals surface area contributed by atoms with Gasteiger partial charge in [-0.1, -0.05) is 207 Å². The fourth-order valence-corrected chi connectivity index (χ4v) is 19.8. The second-order valence-corrected chi connectivity index (χ2v) is 35.8. The maximum atomic E-state index is 16.2. The molecule has 0 radical (unpaired) electrons. The Labute approximate surface area is 598 Å². The standard InChI is InChI=1S/C69H138N12O14P4/c1-7-10-13-16-19-22-25-28-31-36-41-76-47-44-73(4)67(76)70-96(83,84)79-50-55-89-64(58-79)61-93-97(85,71-68-74(5)45-48-77(68)42-37-32-29-26-23-20-17-14-11-8-2)80-51-56-90-65(59-80)62-94-98(86,72-69-75(6)46-49-78(69)43-38-33-30-27-24-21-18-15-12-9-3)81-52-57-91-66(60-81)63-95-99(87,88)92-54-40-35-34-39-53-82/h64-66,82H,7-63H2,1-6H3,(H,83,84)(H,87,88)/b70-67+,71-68?,72-69?/t64-,65-,66-,97?,98?/m0/s1. The molecule has 4 unspecified atom stereocenters. The number of aliphatic hydroxyl groups excluding tert-OH is 1. The number of aliphatic hydroxyl groups is 1. The lowest BCUT2D eigenvalue weighted by Gasteiger charge is -2.39. The predicted molar refractivity (Wildman–Crippen MR) is 399 cm³/mol. The fourth-order valence-electron chi connectivity index (χ4n) is 13.7. The third-order valence-corrected chi connectivity index (χ3v) is 26.5. The van der Waals surface area contributed by atoms with Crippen LogP contribution in [-0.2, 0) is 50.6 Å². The van der Waals surface area contributed by atoms with Crippen LogP contribution in [0.1, 0.15) is 239 Å². The van der Waals surface area contributed by atoms with Gasteiger partial charge in [-0.2, -0.15) is 14.3 Å². The van der Waals surface area contributed by atoms with E-state index in [9.17, 15) is 18.9 Å². The second-order valence-electron chi connectivity index (χ2n) is 28.5. The van der Waals surface area contributed by atoms with E-state index in [4.69, 9.17) is 46.9 Å². The first-order valence-corrected chi connectivity index (χ1v) is 45.4. The number of hydrogen-bond acceptors (Lipinski definition) is 12. The van der Waals surface area contributed by atoms with Crippen molar-refractivity contribution in [1.29, 1.82) is 0 Å². The number of likely N-dealkylation sites (N-methyl/N-ethyl adjacent to an activating group) is 3. The minimum Gasteiger partial charge on any atom is -0.396 e. The van der Waals surface area contributed by atoms with Crippen molar-refractivity contribution in [2.75, 3.05) is 172 Å². The molecule has 7 atom stereocenters. The van der Waals surface area contributed by atoms with Gasteiger partial charge in [0.1, 0.15) is 0 Å². The average Bonchev–Trinajstić information content (AvgIpc) is 1.78. The summed E-state index contributed by atoms with van der Waals surface area (Å²) < 4.78 is 122. The predicted octanol–water partition coefficient (Wildman–Crippen LogP) is 13.7. The Morgan fingerprint density at radius 1 is 0.374 bits per heavy atom. The van der Waals surface area contributed by atoms with Gasteiger partial charge in [-0.05, 0) is 32.1 Å². The number of rotatable bonds is 55. The van der Waals surface area contributed by atoms with Crippen LogP contribution < -0.4 is 0 Å². The van der Waals surface area contributed by atoms with Gasteiger partial charge in [0.25, 0.3) is 0 Å². The summed E-state index contributed by atoms with van der Waals surface area (Å²) in [7, 11) is -11.3. The number of phosphoric acid groups is 1. The SMILES string of the molecule is CCCCCCCCCCCCN1CCN(C)C1=NP(=O)(OC[C@@H]1CN(P(=O)(N=C2N(C)CCN2CCCCCCCCCCCC)OC[C@@H]2CN(P(=O)(O)/N=C3\N(C)CCN3CCCCCCCCCCCC)CCO2)CCO1)N1CCO[C@H](COP(=O)(O)OCCCCCCO)C1. The first kappa shape index (κ1) is 86.1. The van der Waals surface area contributed by atoms with Gasteiger partial charge in [0.05, 0.1) is 64.6 Å². The molecule has 30 heteroatoms. The van der Waals surface area contributed by atoms with E-state index < -0.39 is 49.1 Å². The lowest BCUT2D eigenvalue weighted by atomic mass is 10.1. The van der Waals surface area contributed by atoms with E-state index in [0.29, 0.717) is 63.4 Å². The summed E-state index contributed by atoms with van der Waals surface area (Å²) in [5, 5.41) is 9.14. The van der Waals surface area contributed by atoms with E-state index in [2.05, 4.69) is 40.2 Å². The van der Waals surface area contributed by atoms with Crippen molar-refractivity contribution >= 4 is 48.7 Å². The molecule has 3 N–H and O–H groups in total. The Morgan fingerprint density at radius 3 is 1.04 bits per heavy atom. The zero-order valence-corrected chi connectivity index (χ0v) is 66.1. The van der Waals surface area contributed by atoms with E-state index in [1.807, 2.05) is 35.8 Å². The molecule has 0 amide bonds. The van der Waals surface area contributed by atoms with Crippen LogP contribution in [0.4, 0.5) is 0 Å². The second kappa shape index (κ2) is 48.4. The van der Waals surface area contributed by atoms with Crippen molar-refractivity contribution in [2.45, 2.75) is 257 Å². The third kappa shape index (κ3) is 32.1. The summed E-state index contributed by atoms with van der Waals surface area (Å²) in [6, 6.07) is 0. The molecule has 26 nitrogen and oxygen atoms in total. The summed E-state index contributed by atoms with van der Waals surface area (Å²) in [5.74, 6) is 1.66. The van der Waals surface area contributed by atoms with E-state index in [0.717, 1.165) is 90.4 Å². The highest BCUT2D eigenvalue weighted by Gasteiger charge is 2.45. The Hall–Kier alpha value is -1.79. The number of morpholine rings is 3. The Kier molecular flexibility index (Phi) is 42.1.